The van der Waals surface area contributed by atoms with Crippen LogP contribution in [-0.4, -0.2) is 38.7 Å². The van der Waals surface area contributed by atoms with Crippen LogP contribution in [0, 0.1) is 5.92 Å². The van der Waals surface area contributed by atoms with Gasteiger partial charge in [-0.3, -0.25) is 0 Å². The Morgan fingerprint density at radius 1 is 1.29 bits per heavy atom. The maximum atomic E-state index is 5.40. The van der Waals surface area contributed by atoms with Crippen molar-refractivity contribution in [3.8, 4) is 5.75 Å². The summed E-state index contributed by atoms with van der Waals surface area (Å²) in [7, 11) is 4.00. The van der Waals surface area contributed by atoms with Crippen LogP contribution in [0.5, 0.6) is 5.75 Å². The predicted molar refractivity (Wildman–Crippen MR) is 86.9 cm³/mol. The molecule has 0 radical (unpaired) electrons. The van der Waals surface area contributed by atoms with E-state index in [0.717, 1.165) is 18.2 Å². The smallest absolute Gasteiger partial charge is 0.119 e. The normalized spacial score (nSPS) is 26.4. The highest BCUT2D eigenvalue weighted by atomic mass is 16.5. The molecule has 0 aromatic heterocycles. The van der Waals surface area contributed by atoms with Crippen LogP contribution < -0.4 is 10.1 Å². The quantitative estimate of drug-likeness (QED) is 0.922. The van der Waals surface area contributed by atoms with Crippen LogP contribution in [0.3, 0.4) is 0 Å². The third kappa shape index (κ3) is 3.58. The number of nitrogens with one attached hydrogen (secondary N) is 1. The van der Waals surface area contributed by atoms with Gasteiger partial charge in [-0.05, 0) is 81.4 Å². The van der Waals surface area contributed by atoms with Crippen molar-refractivity contribution in [2.45, 2.75) is 38.1 Å². The molecule has 0 saturated carbocycles. The fraction of sp³-hybridized carbons (Fsp3) is 0.667. The lowest BCUT2D eigenvalue weighted by Crippen LogP contribution is -2.38. The number of benzene rings is 1. The molecular weight excluding hydrogens is 260 g/mol. The van der Waals surface area contributed by atoms with Gasteiger partial charge in [-0.1, -0.05) is 6.07 Å². The van der Waals surface area contributed by atoms with Gasteiger partial charge in [-0.2, -0.15) is 0 Å². The van der Waals surface area contributed by atoms with Gasteiger partial charge in [-0.15, -0.1) is 0 Å². The number of rotatable bonds is 4. The summed E-state index contributed by atoms with van der Waals surface area (Å²) in [4.78, 5) is 2.47. The van der Waals surface area contributed by atoms with Gasteiger partial charge in [-0.25, -0.2) is 0 Å². The lowest BCUT2D eigenvalue weighted by Gasteiger charge is -2.33. The first-order valence-corrected chi connectivity index (χ1v) is 8.35. The topological polar surface area (TPSA) is 24.5 Å². The molecule has 1 aliphatic heterocycles. The molecule has 0 amide bonds. The molecule has 1 fully saturated rings. The van der Waals surface area contributed by atoms with E-state index in [4.69, 9.17) is 4.74 Å². The van der Waals surface area contributed by atoms with Crippen LogP contribution in [0.25, 0.3) is 0 Å². The first-order valence-electron chi connectivity index (χ1n) is 8.35. The first-order chi connectivity index (χ1) is 10.3. The molecule has 3 nitrogen and oxygen atoms in total. The van der Waals surface area contributed by atoms with Crippen molar-refractivity contribution in [3.05, 3.63) is 29.3 Å². The van der Waals surface area contributed by atoms with Crippen molar-refractivity contribution in [2.75, 3.05) is 33.8 Å². The number of nitrogens with zero attached hydrogens (tertiary/aromatic N) is 1. The Bertz CT molecular complexity index is 474. The van der Waals surface area contributed by atoms with E-state index in [1.807, 2.05) is 0 Å². The van der Waals surface area contributed by atoms with Crippen LogP contribution >= 0.6 is 0 Å². The molecule has 0 bridgehead atoms. The maximum Gasteiger partial charge on any atom is 0.119 e. The summed E-state index contributed by atoms with van der Waals surface area (Å²) < 4.78 is 5.40. The van der Waals surface area contributed by atoms with Crippen molar-refractivity contribution in [2.24, 2.45) is 5.92 Å². The molecule has 1 aromatic rings. The van der Waals surface area contributed by atoms with Crippen LogP contribution in [0.2, 0.25) is 0 Å². The van der Waals surface area contributed by atoms with Crippen molar-refractivity contribution in [1.29, 1.82) is 0 Å². The number of aryl methyl sites for hydroxylation is 1. The summed E-state index contributed by atoms with van der Waals surface area (Å²) in [5, 5.41) is 3.84. The fourth-order valence-corrected chi connectivity index (χ4v) is 3.86. The molecule has 3 heteroatoms. The Balaban J connectivity index is 1.64. The second kappa shape index (κ2) is 6.80. The highest BCUT2D eigenvalue weighted by molar-refractivity contribution is 5.39. The highest BCUT2D eigenvalue weighted by Crippen LogP contribution is 2.32. The molecule has 1 aromatic carbocycles. The van der Waals surface area contributed by atoms with E-state index in [-0.39, 0.29) is 0 Å². The Morgan fingerprint density at radius 2 is 2.19 bits per heavy atom. The number of likely N-dealkylation sites (tertiary alicyclic amines) is 1. The summed E-state index contributed by atoms with van der Waals surface area (Å²) in [6.07, 6.45) is 6.47. The van der Waals surface area contributed by atoms with Crippen molar-refractivity contribution >= 4 is 0 Å². The minimum Gasteiger partial charge on any atom is -0.497 e. The van der Waals surface area contributed by atoms with Crippen LogP contribution in [0.1, 0.15) is 42.9 Å². The SMILES string of the molecule is COc1ccc2c(c1)C(NCC1CCCN(C)C1)CCC2. The zero-order valence-corrected chi connectivity index (χ0v) is 13.4. The van der Waals surface area contributed by atoms with Gasteiger partial charge in [0.2, 0.25) is 0 Å². The molecule has 1 saturated heterocycles. The summed E-state index contributed by atoms with van der Waals surface area (Å²) in [6.45, 7) is 3.65. The van der Waals surface area contributed by atoms with Crippen molar-refractivity contribution < 1.29 is 4.74 Å². The maximum absolute atomic E-state index is 5.40. The first kappa shape index (κ1) is 14.9. The van der Waals surface area contributed by atoms with Gasteiger partial charge in [0.25, 0.3) is 0 Å². The van der Waals surface area contributed by atoms with E-state index in [2.05, 4.69) is 35.5 Å². The lowest BCUT2D eigenvalue weighted by atomic mass is 9.87. The van der Waals surface area contributed by atoms with E-state index in [1.54, 1.807) is 7.11 Å². The Labute approximate surface area is 128 Å². The van der Waals surface area contributed by atoms with Crippen molar-refractivity contribution in [1.82, 2.24) is 10.2 Å². The predicted octanol–water partition coefficient (Wildman–Crippen LogP) is 3.00. The zero-order chi connectivity index (χ0) is 14.7. The van der Waals surface area contributed by atoms with Crippen LogP contribution in [0.4, 0.5) is 0 Å². The second-order valence-electron chi connectivity index (χ2n) is 6.69. The summed E-state index contributed by atoms with van der Waals surface area (Å²) >= 11 is 0. The molecule has 116 valence electrons. The average molecular weight is 288 g/mol. The van der Waals surface area contributed by atoms with Crippen LogP contribution in [0.15, 0.2) is 18.2 Å². The van der Waals surface area contributed by atoms with Gasteiger partial charge < -0.3 is 15.0 Å². The highest BCUT2D eigenvalue weighted by Gasteiger charge is 2.23. The number of methoxy groups -OCH3 is 1. The summed E-state index contributed by atoms with van der Waals surface area (Å²) in [5.41, 5.74) is 2.96. The molecule has 21 heavy (non-hydrogen) atoms. The van der Waals surface area contributed by atoms with Gasteiger partial charge in [0.1, 0.15) is 5.75 Å². The standard InChI is InChI=1S/C18H28N2O/c1-20-10-4-5-14(13-20)12-19-18-7-3-6-15-8-9-16(21-2)11-17(15)18/h8-9,11,14,18-19H,3-7,10,12-13H2,1-2H3. The molecule has 3 rings (SSSR count). The van der Waals surface area contributed by atoms with E-state index in [1.165, 1.54) is 56.3 Å². The van der Waals surface area contributed by atoms with Crippen LogP contribution in [-0.2, 0) is 6.42 Å². The summed E-state index contributed by atoms with van der Waals surface area (Å²) in [5.74, 6) is 1.79. The van der Waals surface area contributed by atoms with Crippen molar-refractivity contribution in [3.63, 3.8) is 0 Å². The number of ether oxygens (including phenoxy) is 1. The van der Waals surface area contributed by atoms with Gasteiger partial charge in [0.05, 0.1) is 7.11 Å². The molecule has 1 N–H and O–H groups in total. The molecule has 0 spiro atoms. The minimum absolute atomic E-state index is 0.510. The summed E-state index contributed by atoms with van der Waals surface area (Å²) in [6, 6.07) is 7.09. The Hall–Kier alpha value is -1.06. The largest absolute Gasteiger partial charge is 0.497 e. The lowest BCUT2D eigenvalue weighted by molar-refractivity contribution is 0.201. The second-order valence-corrected chi connectivity index (χ2v) is 6.69. The zero-order valence-electron chi connectivity index (χ0n) is 13.4. The molecule has 2 atom stereocenters. The van der Waals surface area contributed by atoms with Gasteiger partial charge in [0, 0.05) is 12.6 Å². The van der Waals surface area contributed by atoms with Gasteiger partial charge in [0.15, 0.2) is 0 Å². The molecule has 1 heterocycles. The Kier molecular flexibility index (Phi) is 4.81. The van der Waals surface area contributed by atoms with E-state index in [9.17, 15) is 0 Å². The van der Waals surface area contributed by atoms with E-state index < -0.39 is 0 Å². The monoisotopic (exact) mass is 288 g/mol. The third-order valence-electron chi connectivity index (χ3n) is 5.04. The van der Waals surface area contributed by atoms with E-state index >= 15 is 0 Å². The van der Waals surface area contributed by atoms with E-state index in [0.29, 0.717) is 6.04 Å². The number of hydrogen-bond donors (Lipinski definition) is 1. The number of piperidine rings is 1. The number of hydrogen-bond acceptors (Lipinski definition) is 3. The Morgan fingerprint density at radius 3 is 3.00 bits per heavy atom. The third-order valence-corrected chi connectivity index (χ3v) is 5.04. The molecular formula is C18H28N2O. The molecule has 2 aliphatic rings. The fourth-order valence-electron chi connectivity index (χ4n) is 3.86. The average Bonchev–Trinajstić information content (AvgIpc) is 2.52. The molecule has 1 aliphatic carbocycles. The molecule has 2 unspecified atom stereocenters. The van der Waals surface area contributed by atoms with Gasteiger partial charge >= 0.3 is 0 Å². The number of fused-ring (bicyclic) bond motifs is 1. The minimum atomic E-state index is 0.510.